The molecule has 5 rings (SSSR count). The van der Waals surface area contributed by atoms with E-state index >= 15 is 0 Å². The molecule has 0 atom stereocenters. The van der Waals surface area contributed by atoms with Crippen LogP contribution in [0.3, 0.4) is 0 Å². The number of anilines is 1. The van der Waals surface area contributed by atoms with Gasteiger partial charge in [-0.05, 0) is 42.0 Å². The molecule has 3 aromatic heterocycles. The number of aromatic nitrogens is 4. The zero-order valence-electron chi connectivity index (χ0n) is 17.2. The van der Waals surface area contributed by atoms with Crippen molar-refractivity contribution in [2.45, 2.75) is 0 Å². The van der Waals surface area contributed by atoms with Crippen LogP contribution >= 0.6 is 11.6 Å². The molecule has 3 N–H and O–H groups in total. The third-order valence-corrected chi connectivity index (χ3v) is 5.54. The molecular formula is C23H16ClFN6O2. The lowest BCUT2D eigenvalue weighted by molar-refractivity contribution is 0.254. The molecule has 3 heterocycles. The Labute approximate surface area is 191 Å². The molecule has 2 amide bonds. The van der Waals surface area contributed by atoms with E-state index in [9.17, 15) is 14.0 Å². The molecular weight excluding hydrogens is 447 g/mol. The molecule has 0 saturated heterocycles. The predicted octanol–water partition coefficient (Wildman–Crippen LogP) is 4.47. The van der Waals surface area contributed by atoms with Crippen molar-refractivity contribution in [3.05, 3.63) is 82.2 Å². The van der Waals surface area contributed by atoms with Gasteiger partial charge in [-0.15, -0.1) is 0 Å². The van der Waals surface area contributed by atoms with Crippen LogP contribution in [0.25, 0.3) is 38.8 Å². The number of H-pyrrole nitrogens is 1. The third kappa shape index (κ3) is 3.58. The van der Waals surface area contributed by atoms with Crippen molar-refractivity contribution >= 4 is 45.4 Å². The minimum atomic E-state index is -0.688. The summed E-state index contributed by atoms with van der Waals surface area (Å²) in [6.45, 7) is 0. The topological polar surface area (TPSA) is 105 Å². The number of imidazole rings is 1. The first-order valence-corrected chi connectivity index (χ1v) is 10.3. The van der Waals surface area contributed by atoms with E-state index < -0.39 is 11.5 Å². The maximum atomic E-state index is 14.8. The number of fused-ring (bicyclic) bond motifs is 3. The lowest BCUT2D eigenvalue weighted by Crippen LogP contribution is -2.24. The first-order valence-electron chi connectivity index (χ1n) is 9.89. The molecule has 164 valence electrons. The van der Waals surface area contributed by atoms with Gasteiger partial charge in [-0.25, -0.2) is 19.0 Å². The summed E-state index contributed by atoms with van der Waals surface area (Å²) < 4.78 is 16.1. The van der Waals surface area contributed by atoms with Gasteiger partial charge in [0, 0.05) is 24.2 Å². The molecule has 0 aliphatic rings. The van der Waals surface area contributed by atoms with Gasteiger partial charge in [0.1, 0.15) is 5.82 Å². The van der Waals surface area contributed by atoms with Gasteiger partial charge < -0.3 is 10.3 Å². The number of benzene rings is 2. The number of carbonyl (C=O) groups is 1. The number of nitrogens with zero attached hydrogens (tertiary/aromatic N) is 3. The summed E-state index contributed by atoms with van der Waals surface area (Å²) in [5.41, 5.74) is 2.72. The van der Waals surface area contributed by atoms with E-state index in [1.54, 1.807) is 24.5 Å². The van der Waals surface area contributed by atoms with E-state index in [0.29, 0.717) is 27.8 Å². The average molecular weight is 463 g/mol. The van der Waals surface area contributed by atoms with Gasteiger partial charge in [-0.1, -0.05) is 23.7 Å². The summed E-state index contributed by atoms with van der Waals surface area (Å²) in [5, 5.41) is 5.63. The van der Waals surface area contributed by atoms with E-state index in [4.69, 9.17) is 11.6 Å². The molecule has 5 aromatic rings. The quantitative estimate of drug-likeness (QED) is 0.368. The average Bonchev–Trinajstić information content (AvgIpc) is 3.17. The minimum Gasteiger partial charge on any atom is -0.341 e. The Hall–Kier alpha value is -4.24. The van der Waals surface area contributed by atoms with E-state index in [0.717, 1.165) is 11.1 Å². The van der Waals surface area contributed by atoms with Crippen LogP contribution in [0.5, 0.6) is 0 Å². The van der Waals surface area contributed by atoms with Crippen LogP contribution in [0, 0.1) is 5.82 Å². The monoisotopic (exact) mass is 462 g/mol. The summed E-state index contributed by atoms with van der Waals surface area (Å²) in [5.74, 6) is -0.287. The van der Waals surface area contributed by atoms with Crippen LogP contribution < -0.4 is 16.3 Å². The molecule has 2 aromatic carbocycles. The Bertz CT molecular complexity index is 1590. The van der Waals surface area contributed by atoms with Crippen LogP contribution in [0.15, 0.2) is 65.7 Å². The molecule has 0 aliphatic heterocycles. The number of hydrogen-bond acceptors (Lipinski definition) is 4. The molecule has 8 nitrogen and oxygen atoms in total. The fourth-order valence-electron chi connectivity index (χ4n) is 3.68. The van der Waals surface area contributed by atoms with Crippen molar-refractivity contribution in [1.29, 1.82) is 0 Å². The zero-order chi connectivity index (χ0) is 23.1. The first kappa shape index (κ1) is 20.7. The molecule has 0 saturated carbocycles. The van der Waals surface area contributed by atoms with Crippen molar-refractivity contribution in [2.24, 2.45) is 0 Å². The molecule has 0 fully saturated rings. The Balaban J connectivity index is 1.69. The second-order valence-corrected chi connectivity index (χ2v) is 7.63. The van der Waals surface area contributed by atoms with Crippen molar-refractivity contribution in [3.63, 3.8) is 0 Å². The van der Waals surface area contributed by atoms with E-state index in [2.05, 4.69) is 25.6 Å². The second kappa shape index (κ2) is 8.03. The normalized spacial score (nSPS) is 11.1. The molecule has 0 bridgehead atoms. The number of aromatic amines is 1. The Morgan fingerprint density at radius 1 is 1.09 bits per heavy atom. The van der Waals surface area contributed by atoms with Gasteiger partial charge in [0.25, 0.3) is 0 Å². The Morgan fingerprint density at radius 3 is 2.67 bits per heavy atom. The number of carbonyl (C=O) groups excluding carboxylic acids is 1. The van der Waals surface area contributed by atoms with Crippen LogP contribution in [0.1, 0.15) is 0 Å². The van der Waals surface area contributed by atoms with E-state index in [1.807, 2.05) is 24.3 Å². The highest BCUT2D eigenvalue weighted by Crippen LogP contribution is 2.30. The Morgan fingerprint density at radius 2 is 1.91 bits per heavy atom. The largest absolute Gasteiger partial charge is 0.341 e. The van der Waals surface area contributed by atoms with Crippen molar-refractivity contribution in [2.75, 3.05) is 12.4 Å². The predicted molar refractivity (Wildman–Crippen MR) is 125 cm³/mol. The highest BCUT2D eigenvalue weighted by molar-refractivity contribution is 6.31. The number of rotatable bonds is 3. The minimum absolute atomic E-state index is 0.0444. The highest BCUT2D eigenvalue weighted by atomic mass is 35.5. The van der Waals surface area contributed by atoms with Gasteiger partial charge in [0.15, 0.2) is 5.82 Å². The highest BCUT2D eigenvalue weighted by Gasteiger charge is 2.17. The lowest BCUT2D eigenvalue weighted by atomic mass is 10.0. The van der Waals surface area contributed by atoms with Crippen molar-refractivity contribution in [1.82, 2.24) is 24.8 Å². The van der Waals surface area contributed by atoms with Gasteiger partial charge in [0.2, 0.25) is 0 Å². The number of nitrogens with one attached hydrogen (secondary N) is 3. The molecule has 0 unspecified atom stereocenters. The lowest BCUT2D eigenvalue weighted by Gasteiger charge is -2.10. The SMILES string of the molecule is CNC(=O)Nc1ccc(-c2ccc3ncc4[nH]c(=O)n(-c5cccc(Cl)c5F)c4c3c2)cn1. The number of pyridine rings is 2. The summed E-state index contributed by atoms with van der Waals surface area (Å²) in [4.78, 5) is 35.6. The molecule has 33 heavy (non-hydrogen) atoms. The van der Waals surface area contributed by atoms with Crippen molar-refractivity contribution < 1.29 is 9.18 Å². The molecule has 10 heteroatoms. The number of halogens is 2. The summed E-state index contributed by atoms with van der Waals surface area (Å²) >= 11 is 5.96. The number of urea groups is 1. The van der Waals surface area contributed by atoms with Crippen LogP contribution in [-0.4, -0.2) is 32.6 Å². The number of amides is 2. The molecule has 0 spiro atoms. The van der Waals surface area contributed by atoms with Gasteiger partial charge in [0.05, 0.1) is 33.5 Å². The third-order valence-electron chi connectivity index (χ3n) is 5.25. The van der Waals surface area contributed by atoms with Crippen LogP contribution in [0.4, 0.5) is 15.0 Å². The number of hydrogen-bond donors (Lipinski definition) is 3. The van der Waals surface area contributed by atoms with Crippen LogP contribution in [0.2, 0.25) is 5.02 Å². The fourth-order valence-corrected chi connectivity index (χ4v) is 3.85. The fraction of sp³-hybridized carbons (Fsp3) is 0.0435. The maximum Gasteiger partial charge on any atom is 0.331 e. The Kier molecular flexibility index (Phi) is 5.02. The summed E-state index contributed by atoms with van der Waals surface area (Å²) in [7, 11) is 1.52. The summed E-state index contributed by atoms with van der Waals surface area (Å²) in [6.07, 6.45) is 3.17. The van der Waals surface area contributed by atoms with Gasteiger partial charge in [-0.3, -0.25) is 14.9 Å². The second-order valence-electron chi connectivity index (χ2n) is 7.23. The van der Waals surface area contributed by atoms with Crippen molar-refractivity contribution in [3.8, 4) is 16.8 Å². The smallest absolute Gasteiger partial charge is 0.331 e. The first-order chi connectivity index (χ1) is 16.0. The standard InChI is InChI=1S/C23H16ClFN6O2/c1-26-22(32)30-19-8-6-13(10-28-19)12-5-7-16-14(9-12)21-17(11-27-16)29-23(33)31(21)18-4-2-3-15(24)20(18)25/h2-11H,1H3,(H,29,33)(H2,26,28,30,32). The van der Waals surface area contributed by atoms with Gasteiger partial charge >= 0.3 is 11.7 Å². The van der Waals surface area contributed by atoms with E-state index in [-0.39, 0.29) is 16.7 Å². The molecule has 0 radical (unpaired) electrons. The van der Waals surface area contributed by atoms with Gasteiger partial charge in [-0.2, -0.15) is 0 Å². The maximum absolute atomic E-state index is 14.8. The zero-order valence-corrected chi connectivity index (χ0v) is 17.9. The van der Waals surface area contributed by atoms with E-state index in [1.165, 1.54) is 23.7 Å². The van der Waals surface area contributed by atoms with Crippen LogP contribution in [-0.2, 0) is 0 Å². The molecule has 0 aliphatic carbocycles. The summed E-state index contributed by atoms with van der Waals surface area (Å²) in [6, 6.07) is 13.2.